The Bertz CT molecular complexity index is 768. The quantitative estimate of drug-likeness (QED) is 0.204. The average Bonchev–Trinajstić information content (AvgIpc) is 2.75. The summed E-state index contributed by atoms with van der Waals surface area (Å²) in [6.07, 6.45) is 6.19. The number of alkyl halides is 3. The minimum absolute atomic E-state index is 0.250. The highest BCUT2D eigenvalue weighted by atomic mass is 19.4. The third-order valence-electron chi connectivity index (χ3n) is 4.61. The number of carbonyl (C=O) groups is 2. The minimum atomic E-state index is -5.06. The average molecular weight is 440 g/mol. The Kier molecular flexibility index (Phi) is 10.8. The van der Waals surface area contributed by atoms with E-state index in [9.17, 15) is 22.8 Å². The number of carbonyl (C=O) groups excluding carboxylic acids is 2. The fourth-order valence-electron chi connectivity index (χ4n) is 2.92. The summed E-state index contributed by atoms with van der Waals surface area (Å²) >= 11 is 0. The minimum Gasteiger partial charge on any atom is -0.469 e. The summed E-state index contributed by atoms with van der Waals surface area (Å²) in [6, 6.07) is 6.53. The standard InChI is InChI=1S/C23H27F3O5/c1-4-19(16-12-7-5-6-8-13-17-20(27)29-2)31-21(28)22(30-3,23(24,25)26)18-14-10-9-11-15-18/h1,9-12,14-16,19H,5-8,13,17H2,2-3H3/b16-12+/t19-,22+/m0/s1. The number of hydrogen-bond donors (Lipinski definition) is 0. The molecule has 0 N–H and O–H groups in total. The largest absolute Gasteiger partial charge is 0.469 e. The fraction of sp³-hybridized carbons (Fsp3) is 0.478. The normalized spacial score (nSPS) is 14.5. The van der Waals surface area contributed by atoms with Crippen molar-refractivity contribution < 1.29 is 37.0 Å². The predicted octanol–water partition coefficient (Wildman–Crippen LogP) is 4.71. The van der Waals surface area contributed by atoms with Crippen LogP contribution in [-0.4, -0.2) is 38.4 Å². The van der Waals surface area contributed by atoms with E-state index in [0.717, 1.165) is 44.9 Å². The number of unbranched alkanes of at least 4 members (excludes halogenated alkanes) is 4. The van der Waals surface area contributed by atoms with Crippen LogP contribution in [-0.2, 0) is 29.4 Å². The van der Waals surface area contributed by atoms with Gasteiger partial charge >= 0.3 is 18.1 Å². The smallest absolute Gasteiger partial charge is 0.432 e. The summed E-state index contributed by atoms with van der Waals surface area (Å²) in [5.74, 6) is 0.273. The molecule has 0 saturated heterocycles. The zero-order valence-electron chi connectivity index (χ0n) is 17.6. The Hall–Kier alpha value is -2.79. The molecule has 31 heavy (non-hydrogen) atoms. The highest BCUT2D eigenvalue weighted by Gasteiger charge is 2.64. The zero-order chi connectivity index (χ0) is 23.3. The van der Waals surface area contributed by atoms with Crippen LogP contribution in [0.15, 0.2) is 42.5 Å². The van der Waals surface area contributed by atoms with Gasteiger partial charge < -0.3 is 14.2 Å². The third-order valence-corrected chi connectivity index (χ3v) is 4.61. The van der Waals surface area contributed by atoms with Crippen molar-refractivity contribution in [1.82, 2.24) is 0 Å². The molecule has 5 nitrogen and oxygen atoms in total. The van der Waals surface area contributed by atoms with Crippen molar-refractivity contribution in [1.29, 1.82) is 0 Å². The highest BCUT2D eigenvalue weighted by Crippen LogP contribution is 2.43. The summed E-state index contributed by atoms with van der Waals surface area (Å²) in [5.41, 5.74) is -3.68. The first-order valence-electron chi connectivity index (χ1n) is 9.81. The van der Waals surface area contributed by atoms with Gasteiger partial charge in [-0.1, -0.05) is 55.2 Å². The summed E-state index contributed by atoms with van der Waals surface area (Å²) in [7, 11) is 2.13. The van der Waals surface area contributed by atoms with Gasteiger partial charge in [-0.05, 0) is 25.3 Å². The Morgan fingerprint density at radius 2 is 1.74 bits per heavy atom. The maximum atomic E-state index is 13.9. The van der Waals surface area contributed by atoms with E-state index in [0.29, 0.717) is 12.8 Å². The van der Waals surface area contributed by atoms with Crippen LogP contribution < -0.4 is 0 Å². The molecule has 0 aliphatic carbocycles. The van der Waals surface area contributed by atoms with Crippen LogP contribution >= 0.6 is 0 Å². The van der Waals surface area contributed by atoms with Gasteiger partial charge in [-0.3, -0.25) is 4.79 Å². The number of terminal acetylenes is 1. The molecule has 1 aromatic carbocycles. The van der Waals surface area contributed by atoms with Crippen molar-refractivity contribution in [3.8, 4) is 12.3 Å². The fourth-order valence-corrected chi connectivity index (χ4v) is 2.92. The van der Waals surface area contributed by atoms with Gasteiger partial charge in [0.05, 0.1) is 7.11 Å². The van der Waals surface area contributed by atoms with Crippen LogP contribution in [0.5, 0.6) is 0 Å². The van der Waals surface area contributed by atoms with Crippen molar-refractivity contribution in [3.63, 3.8) is 0 Å². The summed E-state index contributed by atoms with van der Waals surface area (Å²) in [5, 5.41) is 0. The molecule has 0 spiro atoms. The van der Waals surface area contributed by atoms with Crippen LogP contribution in [0.25, 0.3) is 0 Å². The molecule has 1 aromatic rings. The Morgan fingerprint density at radius 1 is 1.10 bits per heavy atom. The molecule has 0 amide bonds. The van der Waals surface area contributed by atoms with Crippen molar-refractivity contribution in [2.45, 2.75) is 56.4 Å². The lowest BCUT2D eigenvalue weighted by atomic mass is 9.92. The van der Waals surface area contributed by atoms with E-state index < -0.39 is 29.4 Å². The molecule has 0 radical (unpaired) electrons. The molecule has 170 valence electrons. The molecule has 0 aromatic heterocycles. The molecule has 0 heterocycles. The third kappa shape index (κ3) is 7.44. The van der Waals surface area contributed by atoms with Gasteiger partial charge in [-0.2, -0.15) is 13.2 Å². The molecule has 0 bridgehead atoms. The van der Waals surface area contributed by atoms with E-state index in [1.54, 1.807) is 6.08 Å². The number of methoxy groups -OCH3 is 2. The first kappa shape index (κ1) is 26.2. The molecule has 2 atom stereocenters. The van der Waals surface area contributed by atoms with E-state index in [-0.39, 0.29) is 5.97 Å². The summed E-state index contributed by atoms with van der Waals surface area (Å²) in [4.78, 5) is 23.6. The van der Waals surface area contributed by atoms with Gasteiger partial charge in [-0.25, -0.2) is 4.79 Å². The maximum Gasteiger partial charge on any atom is 0.432 e. The zero-order valence-corrected chi connectivity index (χ0v) is 17.6. The number of rotatable bonds is 12. The van der Waals surface area contributed by atoms with Crippen LogP contribution in [0, 0.1) is 12.3 Å². The predicted molar refractivity (Wildman–Crippen MR) is 109 cm³/mol. The lowest BCUT2D eigenvalue weighted by Gasteiger charge is -2.32. The van der Waals surface area contributed by atoms with Crippen molar-refractivity contribution in [2.75, 3.05) is 14.2 Å². The summed E-state index contributed by atoms with van der Waals surface area (Å²) < 4.78 is 55.8. The first-order valence-corrected chi connectivity index (χ1v) is 9.81. The van der Waals surface area contributed by atoms with E-state index in [2.05, 4.69) is 15.4 Å². The van der Waals surface area contributed by atoms with Gasteiger partial charge in [0.15, 0.2) is 6.10 Å². The monoisotopic (exact) mass is 440 g/mol. The van der Waals surface area contributed by atoms with Gasteiger partial charge in [0.25, 0.3) is 5.60 Å². The van der Waals surface area contributed by atoms with E-state index in [4.69, 9.17) is 11.2 Å². The second-order valence-corrected chi connectivity index (χ2v) is 6.70. The Morgan fingerprint density at radius 3 is 2.29 bits per heavy atom. The SMILES string of the molecule is C#C[C@@H](/C=C/CCCCCCC(=O)OC)OC(=O)[C@](OC)(c1ccccc1)C(F)(F)F. The molecular weight excluding hydrogens is 413 g/mol. The number of hydrogen-bond acceptors (Lipinski definition) is 5. The molecular formula is C23H27F3O5. The summed E-state index contributed by atoms with van der Waals surface area (Å²) in [6.45, 7) is 0. The lowest BCUT2D eigenvalue weighted by molar-refractivity contribution is -0.276. The molecule has 1 rings (SSSR count). The molecule has 0 aliphatic heterocycles. The molecule has 8 heteroatoms. The van der Waals surface area contributed by atoms with E-state index >= 15 is 0 Å². The van der Waals surface area contributed by atoms with Gasteiger partial charge in [0, 0.05) is 19.1 Å². The number of esters is 2. The Balaban J connectivity index is 2.70. The van der Waals surface area contributed by atoms with Crippen LogP contribution in [0.1, 0.15) is 44.1 Å². The van der Waals surface area contributed by atoms with Crippen molar-refractivity contribution in [3.05, 3.63) is 48.0 Å². The molecule has 0 saturated carbocycles. The number of halogens is 3. The van der Waals surface area contributed by atoms with Gasteiger partial charge in [0.2, 0.25) is 0 Å². The van der Waals surface area contributed by atoms with Gasteiger partial charge in [-0.15, -0.1) is 6.42 Å². The second kappa shape index (κ2) is 12.8. The van der Waals surface area contributed by atoms with Crippen LogP contribution in [0.3, 0.4) is 0 Å². The van der Waals surface area contributed by atoms with Crippen LogP contribution in [0.2, 0.25) is 0 Å². The van der Waals surface area contributed by atoms with Gasteiger partial charge in [0.1, 0.15) is 0 Å². The number of ether oxygens (including phenoxy) is 3. The van der Waals surface area contributed by atoms with E-state index in [1.165, 1.54) is 31.4 Å². The molecule has 0 fully saturated rings. The Labute approximate surface area is 180 Å². The number of allylic oxidation sites excluding steroid dienone is 1. The highest BCUT2D eigenvalue weighted by molar-refractivity contribution is 5.83. The van der Waals surface area contributed by atoms with Crippen molar-refractivity contribution >= 4 is 11.9 Å². The van der Waals surface area contributed by atoms with Crippen molar-refractivity contribution in [2.24, 2.45) is 0 Å². The number of benzene rings is 1. The maximum absolute atomic E-state index is 13.9. The topological polar surface area (TPSA) is 61.8 Å². The van der Waals surface area contributed by atoms with E-state index in [1.807, 2.05) is 0 Å². The molecule has 0 aliphatic rings. The first-order chi connectivity index (χ1) is 14.7. The van der Waals surface area contributed by atoms with Crippen LogP contribution in [0.4, 0.5) is 13.2 Å². The lowest BCUT2D eigenvalue weighted by Crippen LogP contribution is -2.52. The second-order valence-electron chi connectivity index (χ2n) is 6.70. The molecule has 0 unspecified atom stereocenters.